The van der Waals surface area contributed by atoms with E-state index in [0.717, 1.165) is 30.4 Å². The topological polar surface area (TPSA) is 98.7 Å². The Morgan fingerprint density at radius 2 is 1.04 bits per heavy atom. The van der Waals surface area contributed by atoms with Crippen molar-refractivity contribution in [1.82, 2.24) is 10.6 Å². The molecule has 2 rings (SSSR count). The minimum absolute atomic E-state index is 0.590. The molecule has 0 amide bonds. The summed E-state index contributed by atoms with van der Waals surface area (Å²) in [5.41, 5.74) is 1.47. The van der Waals surface area contributed by atoms with Crippen LogP contribution in [0.5, 0.6) is 0 Å². The molecule has 0 aliphatic carbocycles. The number of hydrogen-bond acceptors (Lipinski definition) is 4. The highest BCUT2D eigenvalue weighted by Gasteiger charge is 2.19. The number of benzene rings is 2. The lowest BCUT2D eigenvalue weighted by Crippen LogP contribution is -2.30. The second kappa shape index (κ2) is 11.1. The highest BCUT2D eigenvalue weighted by molar-refractivity contribution is 5.76. The van der Waals surface area contributed by atoms with Gasteiger partial charge in [0.05, 0.1) is 0 Å². The minimum Gasteiger partial charge on any atom is -0.480 e. The first kappa shape index (κ1) is 20.6. The van der Waals surface area contributed by atoms with Crippen molar-refractivity contribution in [3.8, 4) is 0 Å². The Kier molecular flexibility index (Phi) is 8.48. The zero-order valence-electron chi connectivity index (χ0n) is 15.2. The van der Waals surface area contributed by atoms with Crippen LogP contribution in [-0.2, 0) is 9.59 Å². The van der Waals surface area contributed by atoms with Crippen LogP contribution in [0.4, 0.5) is 0 Å². The standard InChI is InChI=1S/C21H26N2O4/c24-20(25)18(16-10-4-1-5-11-16)22-14-8-3-9-15-23-19(21(26)27)17-12-6-2-7-13-17/h1-2,4-7,10-13,18-19,22-23H,3,8-9,14-15H2,(H,24,25)(H,26,27)/t18-,19+. The van der Waals surface area contributed by atoms with Crippen molar-refractivity contribution >= 4 is 11.9 Å². The third-order valence-electron chi connectivity index (χ3n) is 4.31. The SMILES string of the molecule is O=C(O)[C@@H](NCCCCCN[C@@H](C(=O)O)c1ccccc1)c1ccccc1. The summed E-state index contributed by atoms with van der Waals surface area (Å²) >= 11 is 0. The zero-order chi connectivity index (χ0) is 19.5. The van der Waals surface area contributed by atoms with E-state index in [1.807, 2.05) is 36.4 Å². The lowest BCUT2D eigenvalue weighted by Gasteiger charge is -2.16. The lowest BCUT2D eigenvalue weighted by atomic mass is 10.1. The molecule has 6 heteroatoms. The molecular formula is C21H26N2O4. The van der Waals surface area contributed by atoms with Crippen LogP contribution in [0.15, 0.2) is 60.7 Å². The van der Waals surface area contributed by atoms with Crippen molar-refractivity contribution in [2.24, 2.45) is 0 Å². The molecule has 0 aliphatic rings. The van der Waals surface area contributed by atoms with E-state index < -0.39 is 24.0 Å². The van der Waals surface area contributed by atoms with Gasteiger partial charge < -0.3 is 20.8 Å². The minimum atomic E-state index is -0.893. The zero-order valence-corrected chi connectivity index (χ0v) is 15.2. The van der Waals surface area contributed by atoms with Crippen molar-refractivity contribution in [3.05, 3.63) is 71.8 Å². The van der Waals surface area contributed by atoms with Crippen molar-refractivity contribution in [2.75, 3.05) is 13.1 Å². The first-order valence-corrected chi connectivity index (χ1v) is 9.12. The van der Waals surface area contributed by atoms with Crippen LogP contribution in [0, 0.1) is 0 Å². The number of aliphatic carboxylic acids is 2. The molecule has 2 aromatic carbocycles. The van der Waals surface area contributed by atoms with Crippen LogP contribution in [0.3, 0.4) is 0 Å². The first-order chi connectivity index (χ1) is 13.1. The van der Waals surface area contributed by atoms with Gasteiger partial charge in [-0.3, -0.25) is 9.59 Å². The summed E-state index contributed by atoms with van der Waals surface area (Å²) < 4.78 is 0. The predicted octanol–water partition coefficient (Wildman–Crippen LogP) is 2.99. The van der Waals surface area contributed by atoms with Gasteiger partial charge in [-0.15, -0.1) is 0 Å². The number of unbranched alkanes of at least 4 members (excludes halogenated alkanes) is 2. The Morgan fingerprint density at radius 1 is 0.667 bits per heavy atom. The normalized spacial score (nSPS) is 13.0. The predicted molar refractivity (Wildman–Crippen MR) is 103 cm³/mol. The summed E-state index contributed by atoms with van der Waals surface area (Å²) in [5.74, 6) is -1.79. The molecule has 2 aromatic rings. The third kappa shape index (κ3) is 6.84. The number of nitrogens with one attached hydrogen (secondary N) is 2. The Bertz CT molecular complexity index is 645. The van der Waals surface area contributed by atoms with Gasteiger partial charge in [0.15, 0.2) is 0 Å². The summed E-state index contributed by atoms with van der Waals surface area (Å²) in [6, 6.07) is 16.8. The summed E-state index contributed by atoms with van der Waals surface area (Å²) in [6.45, 7) is 1.18. The Balaban J connectivity index is 1.68. The van der Waals surface area contributed by atoms with E-state index >= 15 is 0 Å². The number of carbonyl (C=O) groups is 2. The van der Waals surface area contributed by atoms with Crippen LogP contribution in [0.1, 0.15) is 42.5 Å². The molecule has 2 atom stereocenters. The molecule has 0 aliphatic heterocycles. The molecule has 0 radical (unpaired) electrons. The molecule has 6 nitrogen and oxygen atoms in total. The van der Waals surface area contributed by atoms with Gasteiger partial charge in [0, 0.05) is 0 Å². The molecule has 0 heterocycles. The number of hydrogen-bond donors (Lipinski definition) is 4. The van der Waals surface area contributed by atoms with E-state index in [2.05, 4.69) is 10.6 Å². The molecule has 0 spiro atoms. The first-order valence-electron chi connectivity index (χ1n) is 9.12. The molecule has 144 valence electrons. The maximum atomic E-state index is 11.4. The van der Waals surface area contributed by atoms with Crippen LogP contribution >= 0.6 is 0 Å². The second-order valence-corrected chi connectivity index (χ2v) is 6.33. The van der Waals surface area contributed by atoms with Gasteiger partial charge in [0.25, 0.3) is 0 Å². The molecular weight excluding hydrogens is 344 g/mol. The smallest absolute Gasteiger partial charge is 0.325 e. The van der Waals surface area contributed by atoms with Gasteiger partial charge in [-0.1, -0.05) is 67.1 Å². The molecule has 0 saturated carbocycles. The molecule has 0 fully saturated rings. The second-order valence-electron chi connectivity index (χ2n) is 6.33. The third-order valence-corrected chi connectivity index (χ3v) is 4.31. The maximum Gasteiger partial charge on any atom is 0.325 e. The molecule has 0 aromatic heterocycles. The number of carboxylic acids is 2. The lowest BCUT2D eigenvalue weighted by molar-refractivity contribution is -0.140. The molecule has 0 bridgehead atoms. The van der Waals surface area contributed by atoms with E-state index in [0.29, 0.717) is 13.1 Å². The van der Waals surface area contributed by atoms with E-state index in [-0.39, 0.29) is 0 Å². The van der Waals surface area contributed by atoms with Gasteiger partial charge >= 0.3 is 11.9 Å². The summed E-state index contributed by atoms with van der Waals surface area (Å²) in [5, 5.41) is 24.9. The summed E-state index contributed by atoms with van der Waals surface area (Å²) in [6.07, 6.45) is 2.52. The van der Waals surface area contributed by atoms with Crippen LogP contribution in [-0.4, -0.2) is 35.2 Å². The van der Waals surface area contributed by atoms with E-state index in [1.54, 1.807) is 24.3 Å². The summed E-state index contributed by atoms with van der Waals surface area (Å²) in [7, 11) is 0. The molecule has 27 heavy (non-hydrogen) atoms. The van der Waals surface area contributed by atoms with Crippen molar-refractivity contribution in [3.63, 3.8) is 0 Å². The highest BCUT2D eigenvalue weighted by atomic mass is 16.4. The quantitative estimate of drug-likeness (QED) is 0.429. The Hall–Kier alpha value is -2.70. The van der Waals surface area contributed by atoms with Gasteiger partial charge in [0.1, 0.15) is 12.1 Å². The number of carboxylic acid groups (broad SMARTS) is 2. The fraction of sp³-hybridized carbons (Fsp3) is 0.333. The van der Waals surface area contributed by atoms with Crippen molar-refractivity contribution < 1.29 is 19.8 Å². The molecule has 0 unspecified atom stereocenters. The van der Waals surface area contributed by atoms with Crippen LogP contribution in [0.2, 0.25) is 0 Å². The average molecular weight is 370 g/mol. The van der Waals surface area contributed by atoms with Gasteiger partial charge in [0.2, 0.25) is 0 Å². The molecule has 4 N–H and O–H groups in total. The van der Waals surface area contributed by atoms with Gasteiger partial charge in [-0.25, -0.2) is 0 Å². The highest BCUT2D eigenvalue weighted by Crippen LogP contribution is 2.14. The Morgan fingerprint density at radius 3 is 1.37 bits per heavy atom. The van der Waals surface area contributed by atoms with Crippen LogP contribution < -0.4 is 10.6 Å². The average Bonchev–Trinajstić information content (AvgIpc) is 2.67. The monoisotopic (exact) mass is 370 g/mol. The van der Waals surface area contributed by atoms with Crippen molar-refractivity contribution in [2.45, 2.75) is 31.3 Å². The fourth-order valence-corrected chi connectivity index (χ4v) is 2.91. The fourth-order valence-electron chi connectivity index (χ4n) is 2.91. The van der Waals surface area contributed by atoms with E-state index in [4.69, 9.17) is 0 Å². The number of rotatable bonds is 12. The van der Waals surface area contributed by atoms with Gasteiger partial charge in [-0.05, 0) is 37.1 Å². The summed E-state index contributed by atoms with van der Waals surface area (Å²) in [4.78, 5) is 22.8. The maximum absolute atomic E-state index is 11.4. The van der Waals surface area contributed by atoms with Crippen LogP contribution in [0.25, 0.3) is 0 Å². The van der Waals surface area contributed by atoms with Crippen molar-refractivity contribution in [1.29, 1.82) is 0 Å². The Labute approximate surface area is 159 Å². The molecule has 0 saturated heterocycles. The van der Waals surface area contributed by atoms with E-state index in [1.165, 1.54) is 0 Å². The largest absolute Gasteiger partial charge is 0.480 e. The van der Waals surface area contributed by atoms with Gasteiger partial charge in [-0.2, -0.15) is 0 Å². The van der Waals surface area contributed by atoms with E-state index in [9.17, 15) is 19.8 Å².